The average Bonchev–Trinajstić information content (AvgIpc) is 2.95. The molecule has 0 aliphatic rings. The third kappa shape index (κ3) is 6.05. The number of hydrogen-bond acceptors (Lipinski definition) is 4. The Labute approximate surface area is 153 Å². The number of aliphatic imine (C=N–C) groups is 1. The van der Waals surface area contributed by atoms with E-state index in [1.165, 1.54) is 6.33 Å². The molecule has 2 rings (SSSR count). The number of nitrogens with zero attached hydrogens (tertiary/aromatic N) is 4. The van der Waals surface area contributed by atoms with Crippen LogP contribution in [0.15, 0.2) is 35.6 Å². The Morgan fingerprint density at radius 1 is 1.35 bits per heavy atom. The van der Waals surface area contributed by atoms with Gasteiger partial charge in [0, 0.05) is 13.6 Å². The van der Waals surface area contributed by atoms with Crippen molar-refractivity contribution in [3.63, 3.8) is 0 Å². The van der Waals surface area contributed by atoms with Gasteiger partial charge in [-0.2, -0.15) is 5.10 Å². The molecule has 1 aromatic heterocycles. The van der Waals surface area contributed by atoms with Gasteiger partial charge in [-0.3, -0.25) is 4.68 Å². The maximum absolute atomic E-state index is 5.22. The number of nitrogens with one attached hydrogen (secondary N) is 2. The van der Waals surface area contributed by atoms with E-state index in [2.05, 4.69) is 25.7 Å². The maximum Gasteiger partial charge on any atom is 0.191 e. The van der Waals surface area contributed by atoms with Gasteiger partial charge in [-0.05, 0) is 24.6 Å². The molecule has 126 valence electrons. The first-order chi connectivity index (χ1) is 10.7. The maximum atomic E-state index is 5.22. The zero-order valence-corrected chi connectivity index (χ0v) is 15.9. The Kier molecular flexibility index (Phi) is 8.38. The standard InChI is InChI=1S/C15H22N6O.HI/c1-4-16-15(18-10-14-19-11-20-21(14)2)17-9-12-6-5-7-13(8-12)22-3;/h5-8,11H,4,9-10H2,1-3H3,(H2,16,17,18);1H. The van der Waals surface area contributed by atoms with Gasteiger partial charge < -0.3 is 15.4 Å². The number of guanidine groups is 1. The molecule has 0 radical (unpaired) electrons. The van der Waals surface area contributed by atoms with Crippen LogP contribution in [0.4, 0.5) is 0 Å². The lowest BCUT2D eigenvalue weighted by atomic mass is 10.2. The molecule has 0 fully saturated rings. The van der Waals surface area contributed by atoms with Gasteiger partial charge in [-0.15, -0.1) is 24.0 Å². The lowest BCUT2D eigenvalue weighted by Crippen LogP contribution is -2.37. The van der Waals surface area contributed by atoms with E-state index < -0.39 is 0 Å². The molecule has 0 saturated heterocycles. The van der Waals surface area contributed by atoms with E-state index in [-0.39, 0.29) is 24.0 Å². The fourth-order valence-electron chi connectivity index (χ4n) is 1.93. The van der Waals surface area contributed by atoms with Gasteiger partial charge in [0.25, 0.3) is 0 Å². The second kappa shape index (κ2) is 10.0. The van der Waals surface area contributed by atoms with Crippen molar-refractivity contribution in [2.45, 2.75) is 20.0 Å². The summed E-state index contributed by atoms with van der Waals surface area (Å²) >= 11 is 0. The van der Waals surface area contributed by atoms with E-state index in [0.717, 1.165) is 29.6 Å². The molecule has 0 aliphatic heterocycles. The first-order valence-corrected chi connectivity index (χ1v) is 7.21. The molecule has 0 amide bonds. The summed E-state index contributed by atoms with van der Waals surface area (Å²) in [7, 11) is 3.53. The number of halogens is 1. The third-order valence-corrected chi connectivity index (χ3v) is 3.12. The second-order valence-corrected chi connectivity index (χ2v) is 4.70. The molecule has 7 nitrogen and oxygen atoms in total. The highest BCUT2D eigenvalue weighted by molar-refractivity contribution is 14.0. The van der Waals surface area contributed by atoms with Crippen molar-refractivity contribution in [1.29, 1.82) is 0 Å². The molecule has 0 unspecified atom stereocenters. The summed E-state index contributed by atoms with van der Waals surface area (Å²) in [6, 6.07) is 7.89. The highest BCUT2D eigenvalue weighted by Crippen LogP contribution is 2.13. The largest absolute Gasteiger partial charge is 0.497 e. The Hall–Kier alpha value is -1.84. The minimum Gasteiger partial charge on any atom is -0.497 e. The Balaban J connectivity index is 0.00000264. The van der Waals surface area contributed by atoms with E-state index in [9.17, 15) is 0 Å². The van der Waals surface area contributed by atoms with Crippen molar-refractivity contribution in [3.8, 4) is 5.75 Å². The van der Waals surface area contributed by atoms with Gasteiger partial charge in [-0.1, -0.05) is 12.1 Å². The molecule has 2 aromatic rings. The van der Waals surface area contributed by atoms with E-state index in [1.54, 1.807) is 11.8 Å². The molecule has 0 aliphatic carbocycles. The third-order valence-electron chi connectivity index (χ3n) is 3.12. The van der Waals surface area contributed by atoms with Crippen molar-refractivity contribution in [3.05, 3.63) is 42.0 Å². The monoisotopic (exact) mass is 430 g/mol. The van der Waals surface area contributed by atoms with Crippen LogP contribution in [0.5, 0.6) is 5.75 Å². The van der Waals surface area contributed by atoms with Crippen LogP contribution < -0.4 is 15.4 Å². The van der Waals surface area contributed by atoms with Gasteiger partial charge >= 0.3 is 0 Å². The summed E-state index contributed by atoms with van der Waals surface area (Å²) in [4.78, 5) is 8.75. The van der Waals surface area contributed by atoms with Gasteiger partial charge in [0.1, 0.15) is 17.9 Å². The Bertz CT molecular complexity index is 628. The van der Waals surface area contributed by atoms with Gasteiger partial charge in [0.05, 0.1) is 20.2 Å². The van der Waals surface area contributed by atoms with Crippen LogP contribution in [-0.2, 0) is 20.1 Å². The van der Waals surface area contributed by atoms with Crippen LogP contribution in [0.3, 0.4) is 0 Å². The number of rotatable bonds is 6. The highest BCUT2D eigenvalue weighted by atomic mass is 127. The van der Waals surface area contributed by atoms with E-state index in [0.29, 0.717) is 13.1 Å². The van der Waals surface area contributed by atoms with E-state index in [1.807, 2.05) is 38.2 Å². The lowest BCUT2D eigenvalue weighted by Gasteiger charge is -2.11. The molecule has 0 spiro atoms. The van der Waals surface area contributed by atoms with E-state index in [4.69, 9.17) is 4.74 Å². The minimum absolute atomic E-state index is 0. The molecule has 1 heterocycles. The molecule has 0 bridgehead atoms. The molecule has 0 atom stereocenters. The fourth-order valence-corrected chi connectivity index (χ4v) is 1.93. The molecule has 2 N–H and O–H groups in total. The van der Waals surface area contributed by atoms with Crippen LogP contribution in [0, 0.1) is 0 Å². The van der Waals surface area contributed by atoms with Crippen molar-refractivity contribution < 1.29 is 4.74 Å². The lowest BCUT2D eigenvalue weighted by molar-refractivity contribution is 0.414. The summed E-state index contributed by atoms with van der Waals surface area (Å²) in [5.74, 6) is 2.44. The van der Waals surface area contributed by atoms with E-state index >= 15 is 0 Å². The number of aryl methyl sites for hydroxylation is 1. The second-order valence-electron chi connectivity index (χ2n) is 4.70. The summed E-state index contributed by atoms with van der Waals surface area (Å²) in [6.07, 6.45) is 1.54. The smallest absolute Gasteiger partial charge is 0.191 e. The first kappa shape index (κ1) is 19.2. The predicted octanol–water partition coefficient (Wildman–Crippen LogP) is 1.70. The number of aromatic nitrogens is 3. The van der Waals surface area contributed by atoms with Crippen LogP contribution in [0.2, 0.25) is 0 Å². The molecular weight excluding hydrogens is 407 g/mol. The summed E-state index contributed by atoms with van der Waals surface area (Å²) in [5, 5.41) is 10.5. The Morgan fingerprint density at radius 2 is 2.17 bits per heavy atom. The predicted molar refractivity (Wildman–Crippen MR) is 101 cm³/mol. The van der Waals surface area contributed by atoms with Crippen LogP contribution in [-0.4, -0.2) is 34.4 Å². The zero-order valence-electron chi connectivity index (χ0n) is 13.6. The number of ether oxygens (including phenoxy) is 1. The van der Waals surface area contributed by atoms with Crippen LogP contribution in [0.25, 0.3) is 0 Å². The summed E-state index contributed by atoms with van der Waals surface area (Å²) < 4.78 is 6.96. The number of methoxy groups -OCH3 is 1. The molecular formula is C15H23IN6O. The first-order valence-electron chi connectivity index (χ1n) is 7.21. The van der Waals surface area contributed by atoms with Gasteiger partial charge in [0.2, 0.25) is 0 Å². The average molecular weight is 430 g/mol. The quantitative estimate of drug-likeness (QED) is 0.415. The molecule has 1 aromatic carbocycles. The fraction of sp³-hybridized carbons (Fsp3) is 0.400. The summed E-state index contributed by atoms with van der Waals surface area (Å²) in [6.45, 7) is 3.97. The van der Waals surface area contributed by atoms with Crippen molar-refractivity contribution >= 4 is 29.9 Å². The topological polar surface area (TPSA) is 76.4 Å². The number of hydrogen-bond donors (Lipinski definition) is 2. The molecule has 8 heteroatoms. The van der Waals surface area contributed by atoms with Gasteiger partial charge in [-0.25, -0.2) is 9.98 Å². The minimum atomic E-state index is 0. The molecule has 0 saturated carbocycles. The zero-order chi connectivity index (χ0) is 15.8. The Morgan fingerprint density at radius 3 is 2.83 bits per heavy atom. The molecule has 23 heavy (non-hydrogen) atoms. The summed E-state index contributed by atoms with van der Waals surface area (Å²) in [5.41, 5.74) is 1.09. The van der Waals surface area contributed by atoms with Crippen LogP contribution >= 0.6 is 24.0 Å². The highest BCUT2D eigenvalue weighted by Gasteiger charge is 2.03. The number of benzene rings is 1. The van der Waals surface area contributed by atoms with Gasteiger partial charge in [0.15, 0.2) is 5.96 Å². The SMILES string of the molecule is CCNC(=NCc1cccc(OC)c1)NCc1ncnn1C.I. The van der Waals surface area contributed by atoms with Crippen LogP contribution in [0.1, 0.15) is 18.3 Å². The van der Waals surface area contributed by atoms with Crippen molar-refractivity contribution in [2.75, 3.05) is 13.7 Å². The van der Waals surface area contributed by atoms with Crippen molar-refractivity contribution in [2.24, 2.45) is 12.0 Å². The van der Waals surface area contributed by atoms with Crippen molar-refractivity contribution in [1.82, 2.24) is 25.4 Å². The normalized spacial score (nSPS) is 10.8.